The van der Waals surface area contributed by atoms with Gasteiger partial charge in [-0.25, -0.2) is 0 Å². The summed E-state index contributed by atoms with van der Waals surface area (Å²) in [6, 6.07) is 0. The molecule has 0 aliphatic rings. The van der Waals surface area contributed by atoms with Crippen LogP contribution in [0.5, 0.6) is 0 Å². The van der Waals surface area contributed by atoms with Gasteiger partial charge in [0.1, 0.15) is 0 Å². The molecular formula is C4H11F3O2SiZn. The normalized spacial score (nSPS) is 10.9. The zero-order valence-electron chi connectivity index (χ0n) is 6.74. The van der Waals surface area contributed by atoms with E-state index in [1.165, 1.54) is 0 Å². The van der Waals surface area contributed by atoms with Crippen LogP contribution in [0.4, 0.5) is 13.2 Å². The Morgan fingerprint density at radius 3 is 1.09 bits per heavy atom. The van der Waals surface area contributed by atoms with E-state index in [4.69, 9.17) is 9.90 Å². The van der Waals surface area contributed by atoms with E-state index in [1.54, 1.807) is 0 Å². The molecule has 2 N–H and O–H groups in total. The fourth-order valence-corrected chi connectivity index (χ4v) is 0. The molecule has 0 atom stereocenters. The number of rotatable bonds is 0. The first-order chi connectivity index (χ1) is 4.00. The predicted octanol–water partition coefficient (Wildman–Crippen LogP) is 1.31. The summed E-state index contributed by atoms with van der Waals surface area (Å²) in [6.45, 7) is 5.65. The third-order valence-electron chi connectivity index (χ3n) is 0. The van der Waals surface area contributed by atoms with Gasteiger partial charge in [0.25, 0.3) is 0 Å². The maximum atomic E-state index is 9.91. The van der Waals surface area contributed by atoms with Gasteiger partial charge in [0, 0.05) is 19.5 Å². The minimum Gasteiger partial charge on any atom is -0.433 e. The van der Waals surface area contributed by atoms with Crippen molar-refractivity contribution >= 4 is 8.32 Å². The molecule has 0 radical (unpaired) electrons. The van der Waals surface area contributed by atoms with Gasteiger partial charge in [-0.05, 0) is 19.6 Å². The number of aliphatic hydroxyl groups is 1. The minimum absolute atomic E-state index is 0. The van der Waals surface area contributed by atoms with E-state index in [1.807, 2.05) is 19.6 Å². The standard InChI is InChI=1S/C3H10OSi.CHF3O.Zn/c1-5(2,3)4;2-1(3,4)5;/h4H,1-3H3;5H;. The molecule has 2 nitrogen and oxygen atoms in total. The summed E-state index contributed by atoms with van der Waals surface area (Å²) in [5.41, 5.74) is 0. The molecule has 0 bridgehead atoms. The summed E-state index contributed by atoms with van der Waals surface area (Å²) in [7, 11) is -1.61. The van der Waals surface area contributed by atoms with E-state index in [-0.39, 0.29) is 19.5 Å². The van der Waals surface area contributed by atoms with E-state index in [2.05, 4.69) is 0 Å². The molecule has 66 valence electrons. The second kappa shape index (κ2) is 6.11. The third kappa shape index (κ3) is 2550. The monoisotopic (exact) mass is 240 g/mol. The minimum atomic E-state index is -5.00. The summed E-state index contributed by atoms with van der Waals surface area (Å²) < 4.78 is 29.7. The van der Waals surface area contributed by atoms with Crippen molar-refractivity contribution in [2.24, 2.45) is 0 Å². The maximum Gasteiger partial charge on any atom is 0.519 e. The molecule has 11 heavy (non-hydrogen) atoms. The Hall–Kier alpha value is 0.550. The molecule has 0 saturated carbocycles. The van der Waals surface area contributed by atoms with Crippen molar-refractivity contribution in [1.82, 2.24) is 0 Å². The Morgan fingerprint density at radius 1 is 1.09 bits per heavy atom. The molecule has 0 aliphatic carbocycles. The molecule has 0 aromatic carbocycles. The van der Waals surface area contributed by atoms with E-state index in [9.17, 15) is 13.2 Å². The zero-order valence-corrected chi connectivity index (χ0v) is 10.7. The van der Waals surface area contributed by atoms with Crippen LogP contribution in [0.15, 0.2) is 0 Å². The van der Waals surface area contributed by atoms with Crippen molar-refractivity contribution in [3.63, 3.8) is 0 Å². The van der Waals surface area contributed by atoms with E-state index < -0.39 is 14.7 Å². The Balaban J connectivity index is -0.000000107. The quantitative estimate of drug-likeness (QED) is 0.628. The van der Waals surface area contributed by atoms with Crippen molar-refractivity contribution in [3.8, 4) is 0 Å². The molecule has 0 heterocycles. The number of halogens is 3. The summed E-state index contributed by atoms with van der Waals surface area (Å²) in [4.78, 5) is 8.66. The molecule has 0 aliphatic heterocycles. The van der Waals surface area contributed by atoms with Crippen LogP contribution in [-0.4, -0.2) is 24.6 Å². The van der Waals surface area contributed by atoms with Gasteiger partial charge in [-0.3, -0.25) is 0 Å². The summed E-state index contributed by atoms with van der Waals surface area (Å²) in [5, 5.41) is 6.52. The first-order valence-electron chi connectivity index (χ1n) is 2.51. The molecule has 7 heteroatoms. The van der Waals surface area contributed by atoms with Gasteiger partial charge in [-0.2, -0.15) is 0 Å². The number of hydrogen-bond acceptors (Lipinski definition) is 2. The molecule has 0 aromatic heterocycles. The third-order valence-corrected chi connectivity index (χ3v) is 0. The van der Waals surface area contributed by atoms with Crippen LogP contribution < -0.4 is 0 Å². The van der Waals surface area contributed by atoms with Crippen molar-refractivity contribution in [2.45, 2.75) is 26.0 Å². The van der Waals surface area contributed by atoms with Crippen LogP contribution in [0.25, 0.3) is 0 Å². The summed E-state index contributed by atoms with van der Waals surface area (Å²) >= 11 is 0. The van der Waals surface area contributed by atoms with Gasteiger partial charge >= 0.3 is 6.36 Å². The van der Waals surface area contributed by atoms with Crippen LogP contribution in [0.3, 0.4) is 0 Å². The van der Waals surface area contributed by atoms with Gasteiger partial charge in [0.2, 0.25) is 0 Å². The van der Waals surface area contributed by atoms with Gasteiger partial charge < -0.3 is 9.90 Å². The van der Waals surface area contributed by atoms with E-state index >= 15 is 0 Å². The average molecular weight is 242 g/mol. The van der Waals surface area contributed by atoms with Gasteiger partial charge in [0.05, 0.1) is 0 Å². The van der Waals surface area contributed by atoms with Crippen LogP contribution in [0, 0.1) is 0 Å². The van der Waals surface area contributed by atoms with Gasteiger partial charge in [-0.15, -0.1) is 13.2 Å². The fraction of sp³-hybridized carbons (Fsp3) is 1.00. The van der Waals surface area contributed by atoms with Crippen molar-refractivity contribution in [2.75, 3.05) is 0 Å². The van der Waals surface area contributed by atoms with Gasteiger partial charge in [-0.1, -0.05) is 0 Å². The Morgan fingerprint density at radius 2 is 1.09 bits per heavy atom. The molecule has 0 spiro atoms. The van der Waals surface area contributed by atoms with Crippen LogP contribution in [-0.2, 0) is 19.5 Å². The Bertz CT molecular complexity index is 66.3. The first kappa shape index (κ1) is 17.6. The van der Waals surface area contributed by atoms with Crippen LogP contribution >= 0.6 is 0 Å². The topological polar surface area (TPSA) is 40.5 Å². The second-order valence-corrected chi connectivity index (χ2v) is 6.98. The Labute approximate surface area is 77.3 Å². The van der Waals surface area contributed by atoms with Crippen LogP contribution in [0.1, 0.15) is 0 Å². The first-order valence-corrected chi connectivity index (χ1v) is 5.96. The zero-order chi connectivity index (χ0) is 9.00. The number of hydrogen-bond donors (Lipinski definition) is 2. The summed E-state index contributed by atoms with van der Waals surface area (Å²) in [5.74, 6) is 0. The van der Waals surface area contributed by atoms with Gasteiger partial charge in [0.15, 0.2) is 8.32 Å². The molecular weight excluding hydrogens is 231 g/mol. The molecule has 0 fully saturated rings. The van der Waals surface area contributed by atoms with E-state index in [0.29, 0.717) is 0 Å². The average Bonchev–Trinajstić information content (AvgIpc) is 1.12. The van der Waals surface area contributed by atoms with Crippen molar-refractivity contribution < 1.29 is 42.6 Å². The molecule has 0 aromatic rings. The largest absolute Gasteiger partial charge is 0.519 e. The fourth-order valence-electron chi connectivity index (χ4n) is 0. The molecule has 0 unspecified atom stereocenters. The van der Waals surface area contributed by atoms with Crippen molar-refractivity contribution in [1.29, 1.82) is 0 Å². The maximum absolute atomic E-state index is 9.91. The predicted molar refractivity (Wildman–Crippen MR) is 33.8 cm³/mol. The SMILES string of the molecule is C[Si](C)(C)O.OC(F)(F)F.[Zn]. The Kier molecular flexibility index (Phi) is 9.77. The second-order valence-electron chi connectivity index (χ2n) is 2.64. The molecule has 0 saturated heterocycles. The summed E-state index contributed by atoms with van der Waals surface area (Å²) in [6.07, 6.45) is -5.00. The van der Waals surface area contributed by atoms with E-state index in [0.717, 1.165) is 0 Å². The molecule has 0 amide bonds. The van der Waals surface area contributed by atoms with Crippen molar-refractivity contribution in [3.05, 3.63) is 0 Å². The van der Waals surface area contributed by atoms with Crippen LogP contribution in [0.2, 0.25) is 19.6 Å². The smallest absolute Gasteiger partial charge is 0.433 e. The molecule has 0 rings (SSSR count). The number of alkyl halides is 3.